The van der Waals surface area contributed by atoms with Gasteiger partial charge in [0.15, 0.2) is 5.11 Å². The van der Waals surface area contributed by atoms with E-state index in [1.54, 1.807) is 24.4 Å². The summed E-state index contributed by atoms with van der Waals surface area (Å²) in [5.41, 5.74) is 6.72. The quantitative estimate of drug-likeness (QED) is 0.420. The van der Waals surface area contributed by atoms with Gasteiger partial charge in [-0.05, 0) is 48.6 Å². The molecular formula is C18H14F2N4OS. The van der Waals surface area contributed by atoms with Gasteiger partial charge in [0.25, 0.3) is 0 Å². The zero-order valence-electron chi connectivity index (χ0n) is 13.5. The second-order valence-electron chi connectivity index (χ2n) is 5.32. The summed E-state index contributed by atoms with van der Waals surface area (Å²) in [7, 11) is 0. The van der Waals surface area contributed by atoms with Crippen LogP contribution in [0.25, 0.3) is 11.3 Å². The second-order valence-corrected chi connectivity index (χ2v) is 5.74. The van der Waals surface area contributed by atoms with Crippen molar-refractivity contribution in [3.8, 4) is 11.3 Å². The first kappa shape index (κ1) is 17.7. The fourth-order valence-electron chi connectivity index (χ4n) is 2.22. The number of hydrazone groups is 1. The van der Waals surface area contributed by atoms with Gasteiger partial charge >= 0.3 is 0 Å². The predicted octanol–water partition coefficient (Wildman–Crippen LogP) is 3.70. The highest BCUT2D eigenvalue weighted by molar-refractivity contribution is 7.80. The van der Waals surface area contributed by atoms with E-state index in [-0.39, 0.29) is 5.11 Å². The van der Waals surface area contributed by atoms with Crippen LogP contribution < -0.4 is 5.73 Å². The number of nitrogens with two attached hydrogens (primary N) is 1. The van der Waals surface area contributed by atoms with Crippen LogP contribution in [0.4, 0.5) is 8.78 Å². The van der Waals surface area contributed by atoms with Gasteiger partial charge in [0, 0.05) is 17.8 Å². The first-order valence-corrected chi connectivity index (χ1v) is 7.99. The molecule has 0 aliphatic rings. The van der Waals surface area contributed by atoms with Gasteiger partial charge in [0.1, 0.15) is 23.2 Å². The number of hydrogen-bond acceptors (Lipinski definition) is 4. The Morgan fingerprint density at radius 3 is 2.62 bits per heavy atom. The Morgan fingerprint density at radius 1 is 1.19 bits per heavy atom. The summed E-state index contributed by atoms with van der Waals surface area (Å²) in [6.45, 7) is 0.301. The summed E-state index contributed by atoms with van der Waals surface area (Å²) < 4.78 is 32.2. The SMILES string of the molecule is NC(=S)N(Cc1ccccn1)N=Cc1ccc(-c2cc(F)cc(F)c2)o1. The summed E-state index contributed by atoms with van der Waals surface area (Å²) in [6, 6.07) is 11.9. The maximum atomic E-state index is 13.3. The molecule has 132 valence electrons. The van der Waals surface area contributed by atoms with Crippen molar-refractivity contribution in [2.24, 2.45) is 10.8 Å². The lowest BCUT2D eigenvalue weighted by molar-refractivity contribution is 0.437. The lowest BCUT2D eigenvalue weighted by atomic mass is 10.1. The van der Waals surface area contributed by atoms with Crippen LogP contribution in [0.5, 0.6) is 0 Å². The normalized spacial score (nSPS) is 11.0. The van der Waals surface area contributed by atoms with Crippen LogP contribution >= 0.6 is 12.2 Å². The molecule has 0 aliphatic carbocycles. The molecule has 0 radical (unpaired) electrons. The number of pyridine rings is 1. The molecule has 1 aromatic carbocycles. The molecule has 0 atom stereocenters. The van der Waals surface area contributed by atoms with Gasteiger partial charge < -0.3 is 10.2 Å². The summed E-state index contributed by atoms with van der Waals surface area (Å²) >= 11 is 4.99. The van der Waals surface area contributed by atoms with Gasteiger partial charge in [-0.3, -0.25) is 4.98 Å². The van der Waals surface area contributed by atoms with E-state index in [2.05, 4.69) is 10.1 Å². The molecule has 0 amide bonds. The third-order valence-electron chi connectivity index (χ3n) is 3.39. The van der Waals surface area contributed by atoms with Crippen LogP contribution in [0.1, 0.15) is 11.5 Å². The molecule has 3 aromatic rings. The maximum absolute atomic E-state index is 13.3. The molecule has 0 saturated carbocycles. The van der Waals surface area contributed by atoms with Gasteiger partial charge in [-0.2, -0.15) is 5.10 Å². The molecular weight excluding hydrogens is 358 g/mol. The number of nitrogens with zero attached hydrogens (tertiary/aromatic N) is 3. The van der Waals surface area contributed by atoms with Crippen LogP contribution in [0.15, 0.2) is 64.2 Å². The van der Waals surface area contributed by atoms with Crippen LogP contribution in [0, 0.1) is 11.6 Å². The number of hydrogen-bond donors (Lipinski definition) is 1. The summed E-state index contributed by atoms with van der Waals surface area (Å²) in [6.07, 6.45) is 3.08. The Balaban J connectivity index is 1.77. The Morgan fingerprint density at radius 2 is 1.96 bits per heavy atom. The molecule has 0 spiro atoms. The van der Waals surface area contributed by atoms with Gasteiger partial charge in [-0.1, -0.05) is 6.07 Å². The first-order valence-electron chi connectivity index (χ1n) is 7.58. The monoisotopic (exact) mass is 372 g/mol. The van der Waals surface area contributed by atoms with E-state index in [1.165, 1.54) is 23.4 Å². The highest BCUT2D eigenvalue weighted by atomic mass is 32.1. The number of aromatic nitrogens is 1. The van der Waals surface area contributed by atoms with E-state index in [0.717, 1.165) is 11.8 Å². The minimum Gasteiger partial charge on any atom is -0.455 e. The average molecular weight is 372 g/mol. The van der Waals surface area contributed by atoms with Crippen LogP contribution in [-0.2, 0) is 6.54 Å². The summed E-state index contributed by atoms with van der Waals surface area (Å²) in [5.74, 6) is -0.661. The van der Waals surface area contributed by atoms with Gasteiger partial charge in [-0.25, -0.2) is 13.8 Å². The molecule has 2 aromatic heterocycles. The molecule has 8 heteroatoms. The number of halogens is 2. The zero-order chi connectivity index (χ0) is 18.5. The van der Waals surface area contributed by atoms with E-state index in [0.29, 0.717) is 23.6 Å². The van der Waals surface area contributed by atoms with Crippen LogP contribution in [0.2, 0.25) is 0 Å². The largest absolute Gasteiger partial charge is 0.455 e. The maximum Gasteiger partial charge on any atom is 0.187 e. The molecule has 0 unspecified atom stereocenters. The smallest absolute Gasteiger partial charge is 0.187 e. The lowest BCUT2D eigenvalue weighted by Crippen LogP contribution is -2.30. The standard InChI is InChI=1S/C18H14F2N4OS/c19-13-7-12(8-14(20)9-13)17-5-4-16(25-17)10-23-24(18(21)26)11-15-3-1-2-6-22-15/h1-10H,11H2,(H2,21,26). The van der Waals surface area contributed by atoms with Crippen molar-refractivity contribution in [2.75, 3.05) is 0 Å². The topological polar surface area (TPSA) is 67.7 Å². The fourth-order valence-corrected chi connectivity index (χ4v) is 2.33. The summed E-state index contributed by atoms with van der Waals surface area (Å²) in [4.78, 5) is 4.19. The van der Waals surface area contributed by atoms with Crippen molar-refractivity contribution in [2.45, 2.75) is 6.54 Å². The van der Waals surface area contributed by atoms with Gasteiger partial charge in [-0.15, -0.1) is 0 Å². The molecule has 0 bridgehead atoms. The van der Waals surface area contributed by atoms with E-state index in [4.69, 9.17) is 22.4 Å². The minimum atomic E-state index is -0.679. The Kier molecular flexibility index (Phi) is 5.33. The number of furan rings is 1. The van der Waals surface area contributed by atoms with Gasteiger partial charge in [0.05, 0.1) is 18.5 Å². The Bertz CT molecular complexity index is 923. The van der Waals surface area contributed by atoms with Crippen molar-refractivity contribution in [1.82, 2.24) is 9.99 Å². The first-order chi connectivity index (χ1) is 12.5. The van der Waals surface area contributed by atoms with Crippen molar-refractivity contribution in [3.05, 3.63) is 77.8 Å². The molecule has 0 fully saturated rings. The molecule has 0 saturated heterocycles. The molecule has 2 heterocycles. The summed E-state index contributed by atoms with van der Waals surface area (Å²) in [5, 5.41) is 5.66. The number of rotatable bonds is 5. The molecule has 3 rings (SSSR count). The third kappa shape index (κ3) is 4.48. The fraction of sp³-hybridized carbons (Fsp3) is 0.0556. The van der Waals surface area contributed by atoms with E-state index in [9.17, 15) is 8.78 Å². The van der Waals surface area contributed by atoms with Crippen LogP contribution in [0.3, 0.4) is 0 Å². The molecule has 2 N–H and O–H groups in total. The van der Waals surface area contributed by atoms with Gasteiger partial charge in [0.2, 0.25) is 0 Å². The average Bonchev–Trinajstić information content (AvgIpc) is 3.07. The minimum absolute atomic E-state index is 0.0749. The van der Waals surface area contributed by atoms with E-state index >= 15 is 0 Å². The van der Waals surface area contributed by atoms with E-state index in [1.807, 2.05) is 12.1 Å². The molecule has 26 heavy (non-hydrogen) atoms. The third-order valence-corrected chi connectivity index (χ3v) is 3.60. The van der Waals surface area contributed by atoms with Crippen molar-refractivity contribution in [1.29, 1.82) is 0 Å². The highest BCUT2D eigenvalue weighted by Gasteiger charge is 2.09. The lowest BCUT2D eigenvalue weighted by Gasteiger charge is -2.15. The Labute approximate surface area is 153 Å². The second kappa shape index (κ2) is 7.83. The number of benzene rings is 1. The zero-order valence-corrected chi connectivity index (χ0v) is 14.3. The highest BCUT2D eigenvalue weighted by Crippen LogP contribution is 2.23. The van der Waals surface area contributed by atoms with Crippen LogP contribution in [-0.4, -0.2) is 21.3 Å². The predicted molar refractivity (Wildman–Crippen MR) is 98.2 cm³/mol. The van der Waals surface area contributed by atoms with Crippen molar-refractivity contribution < 1.29 is 13.2 Å². The van der Waals surface area contributed by atoms with E-state index < -0.39 is 11.6 Å². The Hall–Kier alpha value is -3.13. The van der Waals surface area contributed by atoms with Crippen molar-refractivity contribution >= 4 is 23.5 Å². The molecule has 5 nitrogen and oxygen atoms in total. The number of thiocarbonyl (C=S) groups is 1. The van der Waals surface area contributed by atoms with Crippen molar-refractivity contribution in [3.63, 3.8) is 0 Å². The molecule has 0 aliphatic heterocycles.